The van der Waals surface area contributed by atoms with Crippen molar-refractivity contribution in [3.8, 4) is 0 Å². The highest BCUT2D eigenvalue weighted by molar-refractivity contribution is 5.90. The number of cyclic esters (lactones) is 1. The second-order valence-electron chi connectivity index (χ2n) is 8.04. The Morgan fingerprint density at radius 1 is 1.32 bits per heavy atom. The van der Waals surface area contributed by atoms with Crippen molar-refractivity contribution in [3.05, 3.63) is 29.8 Å². The molecule has 0 unspecified atom stereocenters. The molecule has 2 aliphatic heterocycles. The predicted molar refractivity (Wildman–Crippen MR) is 110 cm³/mol. The minimum Gasteiger partial charge on any atom is -0.442 e. The van der Waals surface area contributed by atoms with Crippen LogP contribution in [-0.2, 0) is 23.0 Å². The molecule has 0 saturated carbocycles. The molecule has 166 valence electrons. The van der Waals surface area contributed by atoms with Crippen molar-refractivity contribution in [3.63, 3.8) is 0 Å². The molecule has 2 amide bonds. The summed E-state index contributed by atoms with van der Waals surface area (Å²) in [5, 5.41) is 14.2. The molecule has 0 aliphatic carbocycles. The van der Waals surface area contributed by atoms with Crippen molar-refractivity contribution in [2.45, 2.75) is 32.3 Å². The van der Waals surface area contributed by atoms with Gasteiger partial charge in [0.1, 0.15) is 11.9 Å². The fourth-order valence-electron chi connectivity index (χ4n) is 4.07. The minimum absolute atomic E-state index is 0.193. The van der Waals surface area contributed by atoms with Crippen LogP contribution in [0.5, 0.6) is 0 Å². The lowest BCUT2D eigenvalue weighted by molar-refractivity contribution is -0.119. The Morgan fingerprint density at radius 3 is 2.74 bits per heavy atom. The number of nitrogens with one attached hydrogen (secondary N) is 1. The summed E-state index contributed by atoms with van der Waals surface area (Å²) < 4.78 is 21.9. The first-order valence-corrected chi connectivity index (χ1v) is 10.4. The van der Waals surface area contributed by atoms with Gasteiger partial charge < -0.3 is 15.0 Å². The second-order valence-corrected chi connectivity index (χ2v) is 8.04. The first-order valence-electron chi connectivity index (χ1n) is 10.4. The van der Waals surface area contributed by atoms with Gasteiger partial charge in [0.15, 0.2) is 5.82 Å². The Bertz CT molecular complexity index is 958. The summed E-state index contributed by atoms with van der Waals surface area (Å²) >= 11 is 0. The third-order valence-corrected chi connectivity index (χ3v) is 5.83. The molecule has 2 saturated heterocycles. The zero-order chi connectivity index (χ0) is 22.0. The molecule has 1 N–H and O–H groups in total. The van der Waals surface area contributed by atoms with Gasteiger partial charge in [-0.15, -0.1) is 5.10 Å². The van der Waals surface area contributed by atoms with Crippen molar-refractivity contribution < 1.29 is 18.7 Å². The molecule has 3 heterocycles. The zero-order valence-electron chi connectivity index (χ0n) is 17.6. The number of nitrogens with zero attached hydrogens (tertiary/aromatic N) is 6. The Morgan fingerprint density at radius 2 is 2.10 bits per heavy atom. The topological polar surface area (TPSA) is 105 Å². The second kappa shape index (κ2) is 8.86. The summed E-state index contributed by atoms with van der Waals surface area (Å²) in [4.78, 5) is 26.6. The molecule has 1 aromatic carbocycles. The van der Waals surface area contributed by atoms with Crippen LogP contribution < -0.4 is 15.1 Å². The highest BCUT2D eigenvalue weighted by atomic mass is 19.1. The van der Waals surface area contributed by atoms with Gasteiger partial charge in [0.05, 0.1) is 24.5 Å². The number of aromatic nitrogens is 4. The molecule has 1 aromatic heterocycles. The van der Waals surface area contributed by atoms with Crippen molar-refractivity contribution >= 4 is 23.4 Å². The number of anilines is 2. The number of hydrogen-bond donors (Lipinski definition) is 1. The number of benzene rings is 1. The highest BCUT2D eigenvalue weighted by Crippen LogP contribution is 2.31. The van der Waals surface area contributed by atoms with Crippen molar-refractivity contribution in [1.29, 1.82) is 0 Å². The van der Waals surface area contributed by atoms with E-state index in [-0.39, 0.29) is 24.8 Å². The van der Waals surface area contributed by atoms with Crippen LogP contribution in [0.3, 0.4) is 0 Å². The number of amides is 2. The Hall–Kier alpha value is -3.24. The van der Waals surface area contributed by atoms with Crippen LogP contribution in [0.1, 0.15) is 25.6 Å². The largest absolute Gasteiger partial charge is 0.442 e. The highest BCUT2D eigenvalue weighted by Gasteiger charge is 2.33. The quantitative estimate of drug-likeness (QED) is 0.734. The maximum Gasteiger partial charge on any atom is 0.414 e. The van der Waals surface area contributed by atoms with Gasteiger partial charge in [-0.3, -0.25) is 9.69 Å². The number of hydrogen-bond acceptors (Lipinski definition) is 7. The van der Waals surface area contributed by atoms with Crippen molar-refractivity contribution in [2.24, 2.45) is 13.0 Å². The average Bonchev–Trinajstić information content (AvgIpc) is 3.32. The molecule has 0 radical (unpaired) electrons. The van der Waals surface area contributed by atoms with Gasteiger partial charge in [-0.25, -0.2) is 13.9 Å². The molecule has 1 atom stereocenters. The standard InChI is InChI=1S/C20H26FN7O3/c1-13(29)22-11-16-12-28(20(30)31-16)15-3-4-18(17(21)10-15)27-7-5-14(6-8-27)9-19-23-24-25-26(19)2/h3-4,10,14,16H,5-9,11-12H2,1-2H3,(H,22,29)/t16-/m0/s1. The first-order chi connectivity index (χ1) is 14.9. The third kappa shape index (κ3) is 4.75. The lowest BCUT2D eigenvalue weighted by atomic mass is 9.93. The molecule has 0 spiro atoms. The van der Waals surface area contributed by atoms with Gasteiger partial charge in [0.25, 0.3) is 0 Å². The van der Waals surface area contributed by atoms with Crippen LogP contribution >= 0.6 is 0 Å². The van der Waals surface area contributed by atoms with Crippen LogP contribution in [0.25, 0.3) is 0 Å². The molecule has 4 rings (SSSR count). The molecule has 10 nitrogen and oxygen atoms in total. The van der Waals surface area contributed by atoms with Crippen molar-refractivity contribution in [2.75, 3.05) is 36.0 Å². The number of carbonyl (C=O) groups excluding carboxylic acids is 2. The normalized spacial score (nSPS) is 19.6. The van der Waals surface area contributed by atoms with E-state index in [0.717, 1.165) is 38.2 Å². The summed E-state index contributed by atoms with van der Waals surface area (Å²) in [6.45, 7) is 3.39. The fourth-order valence-corrected chi connectivity index (χ4v) is 4.07. The number of carbonyl (C=O) groups is 2. The van der Waals surface area contributed by atoms with Gasteiger partial charge >= 0.3 is 6.09 Å². The molecule has 11 heteroatoms. The summed E-state index contributed by atoms with van der Waals surface area (Å²) in [6, 6.07) is 4.82. The molecule has 2 aromatic rings. The fraction of sp³-hybridized carbons (Fsp3) is 0.550. The van der Waals surface area contributed by atoms with Gasteiger partial charge in [-0.1, -0.05) is 0 Å². The van der Waals surface area contributed by atoms with E-state index < -0.39 is 12.2 Å². The third-order valence-electron chi connectivity index (χ3n) is 5.83. The van der Waals surface area contributed by atoms with Gasteiger partial charge in [-0.2, -0.15) is 0 Å². The van der Waals surface area contributed by atoms with Gasteiger partial charge in [0, 0.05) is 33.5 Å². The minimum atomic E-state index is -0.540. The van der Waals surface area contributed by atoms with Crippen LogP contribution in [0.4, 0.5) is 20.6 Å². The van der Waals surface area contributed by atoms with Crippen molar-refractivity contribution in [1.82, 2.24) is 25.5 Å². The van der Waals surface area contributed by atoms with Crippen LogP contribution in [-0.4, -0.2) is 64.5 Å². The predicted octanol–water partition coefficient (Wildman–Crippen LogP) is 1.27. The lowest BCUT2D eigenvalue weighted by Crippen LogP contribution is -2.35. The van der Waals surface area contributed by atoms with Gasteiger partial charge in [0.2, 0.25) is 5.91 Å². The maximum absolute atomic E-state index is 14.9. The average molecular weight is 431 g/mol. The number of rotatable bonds is 6. The Labute approximate surface area is 179 Å². The lowest BCUT2D eigenvalue weighted by Gasteiger charge is -2.33. The summed E-state index contributed by atoms with van der Waals surface area (Å²) in [7, 11) is 1.83. The van der Waals surface area contributed by atoms with Gasteiger partial charge in [-0.05, 0) is 47.4 Å². The molecule has 0 bridgehead atoms. The molecule has 2 fully saturated rings. The molecular formula is C20H26FN7O3. The SMILES string of the molecule is CC(=O)NC[C@H]1CN(c2ccc(N3CCC(Cc4nnnn4C)CC3)c(F)c2)C(=O)O1. The summed E-state index contributed by atoms with van der Waals surface area (Å²) in [5.74, 6) is 0.764. The summed E-state index contributed by atoms with van der Waals surface area (Å²) in [5.41, 5.74) is 0.978. The Kier molecular flexibility index (Phi) is 6.01. The molecular weight excluding hydrogens is 405 g/mol. The number of piperidine rings is 1. The number of tetrazole rings is 1. The monoisotopic (exact) mass is 431 g/mol. The number of ether oxygens (including phenoxy) is 1. The molecule has 2 aliphatic rings. The first kappa shape index (κ1) is 21.0. The van der Waals surface area contributed by atoms with E-state index in [0.29, 0.717) is 17.3 Å². The maximum atomic E-state index is 14.9. The van der Waals surface area contributed by atoms with Crippen LogP contribution in [0.15, 0.2) is 18.2 Å². The van der Waals surface area contributed by atoms with E-state index in [4.69, 9.17) is 4.74 Å². The van der Waals surface area contributed by atoms with E-state index in [1.165, 1.54) is 17.9 Å². The number of halogens is 1. The van der Waals surface area contributed by atoms with E-state index in [2.05, 4.69) is 20.8 Å². The van der Waals surface area contributed by atoms with E-state index in [1.54, 1.807) is 16.8 Å². The smallest absolute Gasteiger partial charge is 0.414 e. The van der Waals surface area contributed by atoms with Crippen LogP contribution in [0.2, 0.25) is 0 Å². The summed E-state index contributed by atoms with van der Waals surface area (Å²) in [6.07, 6.45) is 1.67. The van der Waals surface area contributed by atoms with Crippen LogP contribution in [0, 0.1) is 11.7 Å². The van der Waals surface area contributed by atoms with E-state index in [1.807, 2.05) is 11.9 Å². The molecule has 31 heavy (non-hydrogen) atoms. The van der Waals surface area contributed by atoms with E-state index in [9.17, 15) is 14.0 Å². The Balaban J connectivity index is 1.35. The van der Waals surface area contributed by atoms with E-state index >= 15 is 0 Å². The zero-order valence-corrected chi connectivity index (χ0v) is 17.6. The number of aryl methyl sites for hydroxylation is 1.